The average Bonchev–Trinajstić information content (AvgIpc) is 3.33. The second-order valence-corrected chi connectivity index (χ2v) is 10.7. The van der Waals surface area contributed by atoms with Gasteiger partial charge >= 0.3 is 0 Å². The van der Waals surface area contributed by atoms with Crippen molar-refractivity contribution in [2.24, 2.45) is 0 Å². The maximum absolute atomic E-state index is 6.63. The van der Waals surface area contributed by atoms with Crippen molar-refractivity contribution in [3.05, 3.63) is 110 Å². The Morgan fingerprint density at radius 1 is 1.00 bits per heavy atom. The molecule has 178 valence electrons. The molecule has 0 saturated carbocycles. The molecule has 5 rings (SSSR count). The summed E-state index contributed by atoms with van der Waals surface area (Å²) < 4.78 is 3.22. The van der Waals surface area contributed by atoms with Crippen LogP contribution in [0.2, 0.25) is 10.0 Å². The molecule has 1 fully saturated rings. The zero-order chi connectivity index (χ0) is 24.9. The number of halogens is 3. The molecule has 0 amide bonds. The first-order valence-corrected chi connectivity index (χ1v) is 13.1. The van der Waals surface area contributed by atoms with Crippen LogP contribution in [0.1, 0.15) is 40.3 Å². The summed E-state index contributed by atoms with van der Waals surface area (Å²) in [4.78, 5) is 6.87. The van der Waals surface area contributed by atoms with Crippen molar-refractivity contribution in [3.63, 3.8) is 0 Å². The van der Waals surface area contributed by atoms with Crippen LogP contribution >= 0.6 is 51.3 Å². The zero-order valence-corrected chi connectivity index (χ0v) is 23.3. The molecule has 2 aromatic carbocycles. The fourth-order valence-corrected chi connectivity index (χ4v) is 5.82. The Morgan fingerprint density at radius 2 is 1.80 bits per heavy atom. The number of pyridine rings is 1. The van der Waals surface area contributed by atoms with Crippen LogP contribution in [0.25, 0.3) is 5.69 Å². The van der Waals surface area contributed by atoms with Crippen LogP contribution in [0.3, 0.4) is 0 Å². The van der Waals surface area contributed by atoms with Gasteiger partial charge in [-0.2, -0.15) is 0 Å². The van der Waals surface area contributed by atoms with Crippen LogP contribution in [-0.4, -0.2) is 14.7 Å². The van der Waals surface area contributed by atoms with E-state index in [9.17, 15) is 0 Å². The number of rotatable bonds is 4. The van der Waals surface area contributed by atoms with Gasteiger partial charge in [-0.05, 0) is 92.6 Å². The first-order chi connectivity index (χ1) is 16.8. The number of nitrogens with zero attached hydrogens (tertiary/aromatic N) is 3. The van der Waals surface area contributed by atoms with Gasteiger partial charge in [-0.3, -0.25) is 4.98 Å². The minimum absolute atomic E-state index is 0.115. The van der Waals surface area contributed by atoms with Crippen molar-refractivity contribution >= 4 is 62.1 Å². The van der Waals surface area contributed by atoms with Gasteiger partial charge in [-0.25, -0.2) is 0 Å². The van der Waals surface area contributed by atoms with Gasteiger partial charge in [-0.15, -0.1) is 0 Å². The Bertz CT molecular complexity index is 1440. The number of anilines is 1. The third-order valence-electron chi connectivity index (χ3n) is 6.48. The van der Waals surface area contributed by atoms with Crippen LogP contribution in [0.15, 0.2) is 71.3 Å². The molecular weight excluding hydrogens is 563 g/mol. The summed E-state index contributed by atoms with van der Waals surface area (Å²) in [5.74, 6) is 0. The Labute approximate surface area is 229 Å². The maximum atomic E-state index is 6.63. The fourth-order valence-electron chi connectivity index (χ4n) is 4.85. The molecular formula is C27H23BrCl2N4S. The molecule has 0 spiro atoms. The smallest absolute Gasteiger partial charge is 0.174 e. The molecule has 0 bridgehead atoms. The van der Waals surface area contributed by atoms with E-state index >= 15 is 0 Å². The number of nitrogens with one attached hydrogen (secondary N) is 1. The normalized spacial score (nSPS) is 17.7. The largest absolute Gasteiger partial charge is 0.351 e. The van der Waals surface area contributed by atoms with E-state index in [-0.39, 0.29) is 12.1 Å². The highest BCUT2D eigenvalue weighted by Gasteiger charge is 2.42. The van der Waals surface area contributed by atoms with E-state index in [1.165, 1.54) is 0 Å². The highest BCUT2D eigenvalue weighted by molar-refractivity contribution is 9.10. The Hall–Kier alpha value is -2.38. The standard InChI is InChI=1S/C27H23BrCl2N4S/c1-15-13-18(10-11-20(15)28)34-26(25(32-27(34)35)22-8-4-5-12-31-22)19-14-16(2)33(17(19)3)23-9-6-7-21(29)24(23)30/h4-14,25-26H,1-3H3,(H,32,35)/t25-,26+/m1/s1. The van der Waals surface area contributed by atoms with E-state index in [4.69, 9.17) is 35.4 Å². The molecule has 4 aromatic rings. The Balaban J connectivity index is 1.71. The van der Waals surface area contributed by atoms with Crippen molar-refractivity contribution in [3.8, 4) is 5.69 Å². The SMILES string of the molecule is Cc1cc(N2C(=S)N[C@H](c3ccccn3)[C@@H]2c2cc(C)n(-c3cccc(Cl)c3Cl)c2C)ccc1Br. The lowest BCUT2D eigenvalue weighted by Gasteiger charge is -2.28. The minimum atomic E-state index is -0.128. The molecule has 1 N–H and O–H groups in total. The van der Waals surface area contributed by atoms with Crippen molar-refractivity contribution in [2.75, 3.05) is 4.90 Å². The van der Waals surface area contributed by atoms with Crippen molar-refractivity contribution < 1.29 is 0 Å². The van der Waals surface area contributed by atoms with Crippen LogP contribution in [0.4, 0.5) is 5.69 Å². The predicted octanol–water partition coefficient (Wildman–Crippen LogP) is 8.04. The zero-order valence-electron chi connectivity index (χ0n) is 19.4. The Kier molecular flexibility index (Phi) is 6.66. The molecule has 2 aromatic heterocycles. The van der Waals surface area contributed by atoms with Crippen molar-refractivity contribution in [1.82, 2.24) is 14.9 Å². The van der Waals surface area contributed by atoms with Gasteiger partial charge in [0.25, 0.3) is 0 Å². The number of hydrogen-bond donors (Lipinski definition) is 1. The highest BCUT2D eigenvalue weighted by Crippen LogP contribution is 2.44. The molecule has 0 radical (unpaired) electrons. The number of benzene rings is 2. The number of hydrogen-bond acceptors (Lipinski definition) is 2. The first kappa shape index (κ1) is 24.3. The molecule has 1 aliphatic rings. The molecule has 2 atom stereocenters. The van der Waals surface area contributed by atoms with Gasteiger partial charge in [0.2, 0.25) is 0 Å². The topological polar surface area (TPSA) is 33.1 Å². The summed E-state index contributed by atoms with van der Waals surface area (Å²) in [6.07, 6.45) is 1.82. The first-order valence-electron chi connectivity index (χ1n) is 11.2. The van der Waals surface area contributed by atoms with E-state index in [1.54, 1.807) is 6.07 Å². The summed E-state index contributed by atoms with van der Waals surface area (Å²) in [5, 5.41) is 5.27. The number of aryl methyl sites for hydroxylation is 2. The molecule has 8 heteroatoms. The predicted molar refractivity (Wildman–Crippen MR) is 152 cm³/mol. The summed E-state index contributed by atoms with van der Waals surface area (Å²) in [6.45, 7) is 6.28. The number of aromatic nitrogens is 2. The van der Waals surface area contributed by atoms with Crippen LogP contribution in [0, 0.1) is 20.8 Å². The lowest BCUT2D eigenvalue weighted by atomic mass is 9.96. The van der Waals surface area contributed by atoms with Gasteiger partial charge < -0.3 is 14.8 Å². The minimum Gasteiger partial charge on any atom is -0.351 e. The van der Waals surface area contributed by atoms with Crippen molar-refractivity contribution in [1.29, 1.82) is 0 Å². The van der Waals surface area contributed by atoms with Crippen LogP contribution < -0.4 is 10.2 Å². The van der Waals surface area contributed by atoms with Crippen molar-refractivity contribution in [2.45, 2.75) is 32.9 Å². The maximum Gasteiger partial charge on any atom is 0.174 e. The Morgan fingerprint density at radius 3 is 2.51 bits per heavy atom. The monoisotopic (exact) mass is 584 g/mol. The van der Waals surface area contributed by atoms with Gasteiger partial charge in [0.15, 0.2) is 5.11 Å². The molecule has 4 nitrogen and oxygen atoms in total. The van der Waals surface area contributed by atoms with Gasteiger partial charge in [-0.1, -0.05) is 51.3 Å². The van der Waals surface area contributed by atoms with Gasteiger partial charge in [0.1, 0.15) is 0 Å². The third kappa shape index (κ3) is 4.27. The molecule has 1 saturated heterocycles. The van der Waals surface area contributed by atoms with Gasteiger partial charge in [0, 0.05) is 27.7 Å². The van der Waals surface area contributed by atoms with E-state index in [1.807, 2.05) is 36.5 Å². The third-order valence-corrected chi connectivity index (χ3v) is 8.49. The molecule has 0 aliphatic carbocycles. The molecule has 35 heavy (non-hydrogen) atoms. The van der Waals surface area contributed by atoms with Crippen LogP contribution in [0.5, 0.6) is 0 Å². The molecule has 3 heterocycles. The lowest BCUT2D eigenvalue weighted by Crippen LogP contribution is -2.29. The summed E-state index contributed by atoms with van der Waals surface area (Å²) in [5.41, 5.74) is 7.23. The summed E-state index contributed by atoms with van der Waals surface area (Å²) in [7, 11) is 0. The van der Waals surface area contributed by atoms with E-state index in [0.717, 1.165) is 44.1 Å². The summed E-state index contributed by atoms with van der Waals surface area (Å²) >= 11 is 22.5. The van der Waals surface area contributed by atoms with E-state index < -0.39 is 0 Å². The highest BCUT2D eigenvalue weighted by atomic mass is 79.9. The lowest BCUT2D eigenvalue weighted by molar-refractivity contribution is 0.565. The number of thiocarbonyl (C=S) groups is 1. The molecule has 1 aliphatic heterocycles. The second kappa shape index (κ2) is 9.58. The summed E-state index contributed by atoms with van der Waals surface area (Å²) in [6, 6.07) is 19.9. The quantitative estimate of drug-likeness (QED) is 0.246. The van der Waals surface area contributed by atoms with Gasteiger partial charge in [0.05, 0.1) is 33.5 Å². The molecule has 0 unspecified atom stereocenters. The van der Waals surface area contributed by atoms with E-state index in [2.05, 4.69) is 80.7 Å². The fraction of sp³-hybridized carbons (Fsp3) is 0.185. The van der Waals surface area contributed by atoms with Crippen LogP contribution in [-0.2, 0) is 0 Å². The second-order valence-electron chi connectivity index (χ2n) is 8.66. The average molecular weight is 586 g/mol. The van der Waals surface area contributed by atoms with E-state index in [0.29, 0.717) is 15.2 Å².